The second kappa shape index (κ2) is 4.70. The zero-order valence-electron chi connectivity index (χ0n) is 10.6. The van der Waals surface area contributed by atoms with Crippen molar-refractivity contribution < 1.29 is 4.39 Å². The molecule has 3 rings (SSSR count). The van der Waals surface area contributed by atoms with Crippen LogP contribution in [0.25, 0.3) is 22.4 Å². The average molecular weight is 267 g/mol. The number of aromatic amines is 1. The van der Waals surface area contributed by atoms with Gasteiger partial charge in [0.2, 0.25) is 0 Å². The van der Waals surface area contributed by atoms with Gasteiger partial charge in [-0.05, 0) is 31.2 Å². The Morgan fingerprint density at radius 2 is 2.20 bits per heavy atom. The van der Waals surface area contributed by atoms with Crippen molar-refractivity contribution in [3.63, 3.8) is 0 Å². The largest absolute Gasteiger partial charge is 0.338 e. The number of rotatable bonds is 2. The SMILES string of the molecule is CC(F)c1cc(-c2nc3ccc(C#N)cc3[nH]2)cnn1. The number of hydrogen-bond acceptors (Lipinski definition) is 4. The number of hydrogen-bond donors (Lipinski definition) is 1. The molecule has 0 saturated heterocycles. The molecule has 0 aliphatic rings. The Kier molecular flexibility index (Phi) is 2.88. The van der Waals surface area contributed by atoms with E-state index >= 15 is 0 Å². The predicted molar refractivity (Wildman–Crippen MR) is 71.4 cm³/mol. The Balaban J connectivity index is 2.10. The van der Waals surface area contributed by atoms with Crippen LogP contribution in [0.5, 0.6) is 0 Å². The first-order chi connectivity index (χ1) is 9.67. The van der Waals surface area contributed by atoms with Gasteiger partial charge in [-0.3, -0.25) is 0 Å². The summed E-state index contributed by atoms with van der Waals surface area (Å²) in [5.41, 5.74) is 2.98. The van der Waals surface area contributed by atoms with Gasteiger partial charge in [-0.25, -0.2) is 9.37 Å². The molecule has 0 radical (unpaired) electrons. The van der Waals surface area contributed by atoms with Crippen molar-refractivity contribution in [2.45, 2.75) is 13.1 Å². The second-order valence-corrected chi connectivity index (χ2v) is 4.41. The molecule has 1 aromatic carbocycles. The van der Waals surface area contributed by atoms with E-state index in [-0.39, 0.29) is 5.69 Å². The number of aromatic nitrogens is 4. The zero-order valence-corrected chi connectivity index (χ0v) is 10.6. The molecule has 2 heterocycles. The summed E-state index contributed by atoms with van der Waals surface area (Å²) in [6.45, 7) is 1.41. The maximum atomic E-state index is 13.3. The average Bonchev–Trinajstić information content (AvgIpc) is 2.90. The van der Waals surface area contributed by atoms with E-state index in [4.69, 9.17) is 5.26 Å². The van der Waals surface area contributed by atoms with Crippen LogP contribution < -0.4 is 0 Å². The third kappa shape index (κ3) is 2.10. The zero-order chi connectivity index (χ0) is 14.1. The van der Waals surface area contributed by atoms with Crippen molar-refractivity contribution >= 4 is 11.0 Å². The molecule has 0 amide bonds. The van der Waals surface area contributed by atoms with Gasteiger partial charge in [-0.15, -0.1) is 0 Å². The van der Waals surface area contributed by atoms with Gasteiger partial charge < -0.3 is 4.98 Å². The number of imidazole rings is 1. The molecular weight excluding hydrogens is 257 g/mol. The number of H-pyrrole nitrogens is 1. The standard InChI is InChI=1S/C14H10FN5/c1-8(15)12-5-10(7-17-20-12)14-18-11-3-2-9(6-16)4-13(11)19-14/h2-5,7-8H,1H3,(H,18,19). The summed E-state index contributed by atoms with van der Waals surface area (Å²) in [5.74, 6) is 0.576. The van der Waals surface area contributed by atoms with Crippen molar-refractivity contribution in [2.24, 2.45) is 0 Å². The third-order valence-corrected chi connectivity index (χ3v) is 2.97. The van der Waals surface area contributed by atoms with Gasteiger partial charge in [-0.1, -0.05) is 0 Å². The van der Waals surface area contributed by atoms with Gasteiger partial charge >= 0.3 is 0 Å². The lowest BCUT2D eigenvalue weighted by atomic mass is 10.2. The molecule has 98 valence electrons. The molecule has 1 unspecified atom stereocenters. The first-order valence-electron chi connectivity index (χ1n) is 6.04. The fraction of sp³-hybridized carbons (Fsp3) is 0.143. The molecule has 3 aromatic rings. The summed E-state index contributed by atoms with van der Waals surface area (Å²) in [7, 11) is 0. The van der Waals surface area contributed by atoms with E-state index in [1.165, 1.54) is 13.1 Å². The van der Waals surface area contributed by atoms with Crippen LogP contribution in [0.2, 0.25) is 0 Å². The Morgan fingerprint density at radius 3 is 2.95 bits per heavy atom. The van der Waals surface area contributed by atoms with Crippen molar-refractivity contribution in [2.75, 3.05) is 0 Å². The molecule has 6 heteroatoms. The van der Waals surface area contributed by atoms with Crippen molar-refractivity contribution in [1.29, 1.82) is 5.26 Å². The van der Waals surface area contributed by atoms with Crippen molar-refractivity contribution in [1.82, 2.24) is 20.2 Å². The van der Waals surface area contributed by atoms with E-state index in [1.807, 2.05) is 0 Å². The Bertz CT molecular complexity index is 816. The summed E-state index contributed by atoms with van der Waals surface area (Å²) >= 11 is 0. The van der Waals surface area contributed by atoms with Crippen molar-refractivity contribution in [3.05, 3.63) is 41.7 Å². The van der Waals surface area contributed by atoms with Crippen LogP contribution >= 0.6 is 0 Å². The van der Waals surface area contributed by atoms with E-state index < -0.39 is 6.17 Å². The van der Waals surface area contributed by atoms with Gasteiger partial charge in [0.15, 0.2) is 0 Å². The number of alkyl halides is 1. The topological polar surface area (TPSA) is 78.2 Å². The van der Waals surface area contributed by atoms with Gasteiger partial charge in [0.05, 0.1) is 34.6 Å². The molecule has 0 aliphatic heterocycles. The van der Waals surface area contributed by atoms with Crippen molar-refractivity contribution in [3.8, 4) is 17.5 Å². The summed E-state index contributed by atoms with van der Waals surface area (Å²) in [6.07, 6.45) is 0.339. The van der Waals surface area contributed by atoms with E-state index in [2.05, 4.69) is 26.2 Å². The summed E-state index contributed by atoms with van der Waals surface area (Å²) in [5, 5.41) is 16.4. The molecule has 5 nitrogen and oxygen atoms in total. The van der Waals surface area contributed by atoms with Gasteiger partial charge in [0, 0.05) is 5.56 Å². The molecule has 1 atom stereocenters. The van der Waals surface area contributed by atoms with E-state index in [9.17, 15) is 4.39 Å². The van der Waals surface area contributed by atoms with Crippen LogP contribution in [-0.2, 0) is 0 Å². The number of nitriles is 1. The highest BCUT2D eigenvalue weighted by molar-refractivity contribution is 5.80. The molecule has 0 fully saturated rings. The maximum absolute atomic E-state index is 13.3. The first kappa shape index (κ1) is 12.2. The number of fused-ring (bicyclic) bond motifs is 1. The first-order valence-corrected chi connectivity index (χ1v) is 6.04. The minimum absolute atomic E-state index is 0.265. The lowest BCUT2D eigenvalue weighted by molar-refractivity contribution is 0.363. The molecule has 0 bridgehead atoms. The minimum Gasteiger partial charge on any atom is -0.338 e. The van der Waals surface area contributed by atoms with E-state index in [0.29, 0.717) is 17.0 Å². The Hall–Kier alpha value is -2.81. The highest BCUT2D eigenvalue weighted by Gasteiger charge is 2.10. The van der Waals surface area contributed by atoms with Crippen LogP contribution in [0.1, 0.15) is 24.4 Å². The Morgan fingerprint density at radius 1 is 1.35 bits per heavy atom. The van der Waals surface area contributed by atoms with Crippen LogP contribution in [0, 0.1) is 11.3 Å². The summed E-state index contributed by atoms with van der Waals surface area (Å²) < 4.78 is 13.3. The molecule has 0 saturated carbocycles. The fourth-order valence-electron chi connectivity index (χ4n) is 1.92. The molecule has 2 aromatic heterocycles. The van der Waals surface area contributed by atoms with Gasteiger partial charge in [0.1, 0.15) is 12.0 Å². The van der Waals surface area contributed by atoms with Crippen LogP contribution in [-0.4, -0.2) is 20.2 Å². The lowest BCUT2D eigenvalue weighted by Gasteiger charge is -2.01. The van der Waals surface area contributed by atoms with Crippen LogP contribution in [0.15, 0.2) is 30.5 Å². The number of nitrogens with zero attached hydrogens (tertiary/aromatic N) is 4. The highest BCUT2D eigenvalue weighted by Crippen LogP contribution is 2.23. The van der Waals surface area contributed by atoms with Gasteiger partial charge in [0.25, 0.3) is 0 Å². The van der Waals surface area contributed by atoms with E-state index in [1.54, 1.807) is 24.3 Å². The van der Waals surface area contributed by atoms with E-state index in [0.717, 1.165) is 11.0 Å². The quantitative estimate of drug-likeness (QED) is 0.774. The second-order valence-electron chi connectivity index (χ2n) is 4.41. The maximum Gasteiger partial charge on any atom is 0.141 e. The van der Waals surface area contributed by atoms with Gasteiger partial charge in [-0.2, -0.15) is 15.5 Å². The normalized spacial score (nSPS) is 12.2. The smallest absolute Gasteiger partial charge is 0.141 e. The molecule has 0 spiro atoms. The number of halogens is 1. The minimum atomic E-state index is -1.18. The monoisotopic (exact) mass is 267 g/mol. The van der Waals surface area contributed by atoms with Crippen LogP contribution in [0.3, 0.4) is 0 Å². The predicted octanol–water partition coefficient (Wildman–Crippen LogP) is 2.92. The fourth-order valence-corrected chi connectivity index (χ4v) is 1.92. The molecule has 1 N–H and O–H groups in total. The van der Waals surface area contributed by atoms with Crippen LogP contribution in [0.4, 0.5) is 4.39 Å². The highest BCUT2D eigenvalue weighted by atomic mass is 19.1. The molecule has 0 aliphatic carbocycles. The lowest BCUT2D eigenvalue weighted by Crippen LogP contribution is -1.95. The number of benzene rings is 1. The third-order valence-electron chi connectivity index (χ3n) is 2.97. The Labute approximate surface area is 114 Å². The molecular formula is C14H10FN5. The number of nitrogens with one attached hydrogen (secondary N) is 1. The summed E-state index contributed by atoms with van der Waals surface area (Å²) in [6, 6.07) is 8.87. The molecule has 20 heavy (non-hydrogen) atoms. The summed E-state index contributed by atoms with van der Waals surface area (Å²) in [4.78, 5) is 7.50.